The molecular formula is C7H10N2OS. The smallest absolute Gasteiger partial charge is 0.273 e. The fraction of sp³-hybridized carbons (Fsp3) is 0.429. The molecule has 0 bridgehead atoms. The zero-order chi connectivity index (χ0) is 8.43. The van der Waals surface area contributed by atoms with E-state index in [-0.39, 0.29) is 5.56 Å². The number of rotatable bonds is 1. The summed E-state index contributed by atoms with van der Waals surface area (Å²) in [5.41, 5.74) is 0.777. The van der Waals surface area contributed by atoms with Crippen LogP contribution in [0.1, 0.15) is 5.69 Å². The van der Waals surface area contributed by atoms with Crippen LogP contribution in [0.4, 0.5) is 0 Å². The maximum absolute atomic E-state index is 10.9. The van der Waals surface area contributed by atoms with Gasteiger partial charge in [0.15, 0.2) is 5.16 Å². The Bertz CT molecular complexity index is 319. The van der Waals surface area contributed by atoms with Crippen molar-refractivity contribution in [1.29, 1.82) is 0 Å². The first-order valence-corrected chi connectivity index (χ1v) is 4.46. The van der Waals surface area contributed by atoms with Crippen molar-refractivity contribution in [1.82, 2.24) is 9.55 Å². The topological polar surface area (TPSA) is 34.9 Å². The maximum Gasteiger partial charge on any atom is 0.273 e. The molecule has 1 heterocycles. The van der Waals surface area contributed by atoms with Crippen LogP contribution in [0.25, 0.3) is 0 Å². The van der Waals surface area contributed by atoms with Gasteiger partial charge in [0.1, 0.15) is 0 Å². The molecule has 0 spiro atoms. The minimum Gasteiger partial charge on any atom is -0.328 e. The molecule has 0 aromatic carbocycles. The van der Waals surface area contributed by atoms with Gasteiger partial charge in [-0.1, -0.05) is 11.8 Å². The average molecular weight is 170 g/mol. The normalized spacial score (nSPS) is 10.1. The Morgan fingerprint density at radius 1 is 1.64 bits per heavy atom. The minimum atomic E-state index is -0.162. The SMILES string of the molecule is CSc1nc(=O)cc(C)n1C. The van der Waals surface area contributed by atoms with Crippen molar-refractivity contribution in [3.8, 4) is 0 Å². The first-order valence-electron chi connectivity index (χ1n) is 3.24. The zero-order valence-electron chi connectivity index (χ0n) is 6.79. The summed E-state index contributed by atoms with van der Waals surface area (Å²) in [6, 6.07) is 1.53. The van der Waals surface area contributed by atoms with Crippen molar-refractivity contribution in [2.45, 2.75) is 12.1 Å². The van der Waals surface area contributed by atoms with Crippen LogP contribution in [-0.4, -0.2) is 15.8 Å². The number of aromatic nitrogens is 2. The molecule has 0 saturated heterocycles. The van der Waals surface area contributed by atoms with Crippen LogP contribution in [0.3, 0.4) is 0 Å². The Kier molecular flexibility index (Phi) is 2.34. The lowest BCUT2D eigenvalue weighted by atomic mass is 10.4. The first kappa shape index (κ1) is 8.33. The molecule has 0 radical (unpaired) electrons. The molecule has 0 aliphatic heterocycles. The van der Waals surface area contributed by atoms with E-state index in [4.69, 9.17) is 0 Å². The van der Waals surface area contributed by atoms with Crippen LogP contribution in [0, 0.1) is 6.92 Å². The van der Waals surface area contributed by atoms with Gasteiger partial charge in [0.2, 0.25) is 0 Å². The van der Waals surface area contributed by atoms with Crippen molar-refractivity contribution in [3.63, 3.8) is 0 Å². The molecule has 0 aliphatic carbocycles. The second-order valence-corrected chi connectivity index (χ2v) is 3.05. The average Bonchev–Trinajstić information content (AvgIpc) is 1.96. The summed E-state index contributed by atoms with van der Waals surface area (Å²) in [4.78, 5) is 14.7. The van der Waals surface area contributed by atoms with Gasteiger partial charge in [-0.3, -0.25) is 4.79 Å². The third-order valence-electron chi connectivity index (χ3n) is 1.54. The van der Waals surface area contributed by atoms with E-state index in [0.717, 1.165) is 10.9 Å². The van der Waals surface area contributed by atoms with Gasteiger partial charge < -0.3 is 4.57 Å². The van der Waals surface area contributed by atoms with Crippen molar-refractivity contribution in [2.75, 3.05) is 6.26 Å². The number of nitrogens with zero attached hydrogens (tertiary/aromatic N) is 2. The van der Waals surface area contributed by atoms with Gasteiger partial charge in [-0.15, -0.1) is 0 Å². The highest BCUT2D eigenvalue weighted by Gasteiger charge is 1.99. The van der Waals surface area contributed by atoms with Gasteiger partial charge in [-0.25, -0.2) is 0 Å². The predicted octanol–water partition coefficient (Wildman–Crippen LogP) is 0.811. The van der Waals surface area contributed by atoms with E-state index in [1.807, 2.05) is 24.8 Å². The highest BCUT2D eigenvalue weighted by atomic mass is 32.2. The lowest BCUT2D eigenvalue weighted by molar-refractivity contribution is 0.700. The maximum atomic E-state index is 10.9. The highest BCUT2D eigenvalue weighted by Crippen LogP contribution is 2.08. The van der Waals surface area contributed by atoms with Crippen LogP contribution in [0.15, 0.2) is 16.0 Å². The molecule has 0 atom stereocenters. The molecule has 11 heavy (non-hydrogen) atoms. The zero-order valence-corrected chi connectivity index (χ0v) is 7.60. The van der Waals surface area contributed by atoms with Gasteiger partial charge >= 0.3 is 0 Å². The molecule has 0 fully saturated rings. The van der Waals surface area contributed by atoms with Crippen LogP contribution in [-0.2, 0) is 7.05 Å². The lowest BCUT2D eigenvalue weighted by Gasteiger charge is -2.06. The van der Waals surface area contributed by atoms with E-state index < -0.39 is 0 Å². The molecule has 60 valence electrons. The summed E-state index contributed by atoms with van der Waals surface area (Å²) in [5, 5.41) is 0.759. The van der Waals surface area contributed by atoms with E-state index in [1.54, 1.807) is 0 Å². The van der Waals surface area contributed by atoms with Crippen molar-refractivity contribution in [2.24, 2.45) is 7.05 Å². The summed E-state index contributed by atoms with van der Waals surface area (Å²) < 4.78 is 1.89. The molecule has 0 saturated carbocycles. The molecule has 0 amide bonds. The number of hydrogen-bond donors (Lipinski definition) is 0. The van der Waals surface area contributed by atoms with Crippen LogP contribution in [0.2, 0.25) is 0 Å². The molecule has 0 unspecified atom stereocenters. The van der Waals surface area contributed by atoms with Crippen LogP contribution >= 0.6 is 11.8 Å². The van der Waals surface area contributed by atoms with Gasteiger partial charge in [0.05, 0.1) is 0 Å². The Balaban J connectivity index is 3.36. The van der Waals surface area contributed by atoms with Gasteiger partial charge in [0, 0.05) is 18.8 Å². The highest BCUT2D eigenvalue weighted by molar-refractivity contribution is 7.98. The van der Waals surface area contributed by atoms with Crippen molar-refractivity contribution < 1.29 is 0 Å². The van der Waals surface area contributed by atoms with Gasteiger partial charge in [-0.05, 0) is 13.2 Å². The van der Waals surface area contributed by atoms with Crippen LogP contribution in [0.5, 0.6) is 0 Å². The summed E-state index contributed by atoms with van der Waals surface area (Å²) in [6.45, 7) is 1.89. The minimum absolute atomic E-state index is 0.162. The Hall–Kier alpha value is -0.770. The summed E-state index contributed by atoms with van der Waals surface area (Å²) in [7, 11) is 1.90. The Morgan fingerprint density at radius 2 is 2.27 bits per heavy atom. The van der Waals surface area contributed by atoms with Crippen molar-refractivity contribution in [3.05, 3.63) is 22.1 Å². The van der Waals surface area contributed by atoms with Crippen LogP contribution < -0.4 is 5.56 Å². The van der Waals surface area contributed by atoms with E-state index in [9.17, 15) is 4.79 Å². The van der Waals surface area contributed by atoms with Gasteiger partial charge in [-0.2, -0.15) is 4.98 Å². The molecule has 1 aromatic rings. The lowest BCUT2D eigenvalue weighted by Crippen LogP contribution is -2.13. The number of aryl methyl sites for hydroxylation is 1. The summed E-state index contributed by atoms with van der Waals surface area (Å²) in [6.07, 6.45) is 1.90. The fourth-order valence-corrected chi connectivity index (χ4v) is 1.41. The molecular weight excluding hydrogens is 160 g/mol. The molecule has 1 aromatic heterocycles. The largest absolute Gasteiger partial charge is 0.328 e. The summed E-state index contributed by atoms with van der Waals surface area (Å²) >= 11 is 1.48. The Labute approximate surface area is 69.5 Å². The first-order chi connectivity index (χ1) is 5.15. The third kappa shape index (κ3) is 1.63. The molecule has 4 heteroatoms. The number of hydrogen-bond acceptors (Lipinski definition) is 3. The molecule has 0 N–H and O–H groups in total. The van der Waals surface area contributed by atoms with E-state index in [1.165, 1.54) is 17.8 Å². The van der Waals surface area contributed by atoms with E-state index in [0.29, 0.717) is 0 Å². The monoisotopic (exact) mass is 170 g/mol. The fourth-order valence-electron chi connectivity index (χ4n) is 0.810. The standard InChI is InChI=1S/C7H10N2OS/c1-5-4-6(10)8-7(11-3)9(5)2/h4H,1-3H3. The molecule has 1 rings (SSSR count). The second kappa shape index (κ2) is 3.09. The third-order valence-corrected chi connectivity index (χ3v) is 2.27. The number of thioether (sulfide) groups is 1. The van der Waals surface area contributed by atoms with E-state index >= 15 is 0 Å². The summed E-state index contributed by atoms with van der Waals surface area (Å²) in [5.74, 6) is 0. The second-order valence-electron chi connectivity index (χ2n) is 2.28. The Morgan fingerprint density at radius 3 is 2.82 bits per heavy atom. The predicted molar refractivity (Wildman–Crippen MR) is 46.0 cm³/mol. The molecule has 3 nitrogen and oxygen atoms in total. The quantitative estimate of drug-likeness (QED) is 0.462. The van der Waals surface area contributed by atoms with Crippen molar-refractivity contribution >= 4 is 11.8 Å². The van der Waals surface area contributed by atoms with Gasteiger partial charge in [0.25, 0.3) is 5.56 Å². The van der Waals surface area contributed by atoms with E-state index in [2.05, 4.69) is 4.98 Å². The molecule has 0 aliphatic rings.